The van der Waals surface area contributed by atoms with Gasteiger partial charge >= 0.3 is 0 Å². The third-order valence-corrected chi connectivity index (χ3v) is 2.58. The lowest BCUT2D eigenvalue weighted by Gasteiger charge is -2.16. The van der Waals surface area contributed by atoms with Crippen molar-refractivity contribution < 1.29 is 13.6 Å². The number of alkyl halides is 2. The lowest BCUT2D eigenvalue weighted by Crippen LogP contribution is -2.33. The Morgan fingerprint density at radius 3 is 2.93 bits per heavy atom. The van der Waals surface area contributed by atoms with Crippen LogP contribution in [0.2, 0.25) is 0 Å². The highest BCUT2D eigenvalue weighted by atomic mass is 35.5. The van der Waals surface area contributed by atoms with Gasteiger partial charge in [-0.1, -0.05) is 11.6 Å². The summed E-state index contributed by atoms with van der Waals surface area (Å²) >= 11 is 5.07. The monoisotopic (exact) mass is 231 g/mol. The fourth-order valence-electron chi connectivity index (χ4n) is 1.72. The minimum absolute atomic E-state index is 0.352. The van der Waals surface area contributed by atoms with Gasteiger partial charge in [0.25, 0.3) is 11.5 Å². The van der Waals surface area contributed by atoms with Crippen molar-refractivity contribution >= 4 is 23.2 Å². The zero-order valence-electron chi connectivity index (χ0n) is 7.71. The Bertz CT molecular complexity index is 408. The molecule has 0 N–H and O–H groups in total. The van der Waals surface area contributed by atoms with Crippen molar-refractivity contribution in [3.05, 3.63) is 29.6 Å². The topological polar surface area (TPSA) is 20.3 Å². The summed E-state index contributed by atoms with van der Waals surface area (Å²) in [5.41, 5.74) is -0.786. The third kappa shape index (κ3) is 1.81. The van der Waals surface area contributed by atoms with Gasteiger partial charge in [-0.2, -0.15) is 0 Å². The summed E-state index contributed by atoms with van der Waals surface area (Å²) in [6.45, 7) is 0.352. The molecule has 1 aliphatic rings. The molecule has 1 amide bonds. The molecule has 1 unspecified atom stereocenters. The molecule has 1 aromatic carbocycles. The smallest absolute Gasteiger partial charge is 0.277 e. The molecule has 1 heterocycles. The van der Waals surface area contributed by atoms with E-state index in [-0.39, 0.29) is 5.82 Å². The van der Waals surface area contributed by atoms with Gasteiger partial charge in [-0.25, -0.2) is 8.78 Å². The first-order chi connectivity index (χ1) is 7.09. The van der Waals surface area contributed by atoms with Crippen LogP contribution in [0.1, 0.15) is 5.56 Å². The van der Waals surface area contributed by atoms with E-state index >= 15 is 0 Å². The van der Waals surface area contributed by atoms with Crippen molar-refractivity contribution in [2.45, 2.75) is 12.1 Å². The van der Waals surface area contributed by atoms with Crippen molar-refractivity contribution in [2.24, 2.45) is 0 Å². The largest absolute Gasteiger partial charge is 0.308 e. The minimum Gasteiger partial charge on any atom is -0.308 e. The predicted molar refractivity (Wildman–Crippen MR) is 53.2 cm³/mol. The maximum Gasteiger partial charge on any atom is 0.277 e. The van der Waals surface area contributed by atoms with Crippen molar-refractivity contribution in [3.8, 4) is 0 Å². The van der Waals surface area contributed by atoms with Crippen molar-refractivity contribution in [2.75, 3.05) is 11.4 Å². The normalized spacial score (nSPS) is 16.3. The highest BCUT2D eigenvalue weighted by Crippen LogP contribution is 2.29. The number of halogens is 3. The lowest BCUT2D eigenvalue weighted by atomic mass is 10.2. The van der Waals surface area contributed by atoms with Gasteiger partial charge in [-0.15, -0.1) is 0 Å². The number of amides is 1. The second-order valence-corrected chi connectivity index (χ2v) is 3.70. The van der Waals surface area contributed by atoms with E-state index in [1.54, 1.807) is 0 Å². The number of hydrogen-bond acceptors (Lipinski definition) is 1. The molecule has 0 aromatic heterocycles. The van der Waals surface area contributed by atoms with E-state index in [0.29, 0.717) is 24.2 Å². The van der Waals surface area contributed by atoms with Gasteiger partial charge < -0.3 is 4.90 Å². The van der Waals surface area contributed by atoms with Crippen LogP contribution in [0.5, 0.6) is 0 Å². The van der Waals surface area contributed by atoms with Crippen LogP contribution in [-0.2, 0) is 11.2 Å². The summed E-state index contributed by atoms with van der Waals surface area (Å²) in [6.07, 6.45) is 0.530. The molecule has 2 nitrogen and oxygen atoms in total. The van der Waals surface area contributed by atoms with Gasteiger partial charge in [0.15, 0.2) is 0 Å². The first-order valence-electron chi connectivity index (χ1n) is 4.47. The van der Waals surface area contributed by atoms with E-state index < -0.39 is 11.5 Å². The maximum absolute atomic E-state index is 12.8. The average molecular weight is 232 g/mol. The van der Waals surface area contributed by atoms with E-state index in [2.05, 4.69) is 0 Å². The van der Waals surface area contributed by atoms with Gasteiger partial charge in [0, 0.05) is 12.2 Å². The van der Waals surface area contributed by atoms with E-state index in [0.717, 1.165) is 0 Å². The molecule has 1 aliphatic heterocycles. The molecule has 5 heteroatoms. The Morgan fingerprint density at radius 2 is 2.27 bits per heavy atom. The Labute approximate surface area is 90.4 Å². The molecule has 0 saturated carbocycles. The van der Waals surface area contributed by atoms with E-state index in [9.17, 15) is 13.6 Å². The molecule has 0 bridgehead atoms. The highest BCUT2D eigenvalue weighted by molar-refractivity contribution is 6.31. The Hall–Kier alpha value is -1.16. The van der Waals surface area contributed by atoms with Crippen LogP contribution in [0.25, 0.3) is 0 Å². The van der Waals surface area contributed by atoms with Gasteiger partial charge in [0.05, 0.1) is 0 Å². The average Bonchev–Trinajstić information content (AvgIpc) is 2.59. The standard InChI is InChI=1S/C10H8ClF2NO/c11-9(13)10(15)14-4-3-6-5-7(12)1-2-8(6)14/h1-2,5,9H,3-4H2. The number of carbonyl (C=O) groups is 1. The molecule has 80 valence electrons. The lowest BCUT2D eigenvalue weighted by molar-refractivity contribution is -0.120. The Morgan fingerprint density at radius 1 is 1.53 bits per heavy atom. The molecule has 0 fully saturated rings. The summed E-state index contributed by atoms with van der Waals surface area (Å²) in [6, 6.07) is 4.06. The van der Waals surface area contributed by atoms with Crippen LogP contribution in [0, 0.1) is 5.82 Å². The molecule has 15 heavy (non-hydrogen) atoms. The van der Waals surface area contributed by atoms with Crippen molar-refractivity contribution in [1.29, 1.82) is 0 Å². The molecule has 0 saturated heterocycles. The van der Waals surface area contributed by atoms with E-state index in [1.807, 2.05) is 0 Å². The number of carbonyl (C=O) groups excluding carboxylic acids is 1. The number of anilines is 1. The van der Waals surface area contributed by atoms with Crippen LogP contribution in [0.15, 0.2) is 18.2 Å². The van der Waals surface area contributed by atoms with Crippen LogP contribution in [-0.4, -0.2) is 18.1 Å². The minimum atomic E-state index is -2.04. The Balaban J connectivity index is 2.33. The molecule has 0 radical (unpaired) electrons. The first kappa shape index (κ1) is 10.4. The van der Waals surface area contributed by atoms with Gasteiger partial charge in [-0.05, 0) is 30.2 Å². The maximum atomic E-state index is 12.8. The SMILES string of the molecule is O=C(C(F)Cl)N1CCc2cc(F)ccc21. The predicted octanol–water partition coefficient (Wildman–Crippen LogP) is 2.25. The molecule has 1 atom stereocenters. The van der Waals surface area contributed by atoms with Crippen molar-refractivity contribution in [3.63, 3.8) is 0 Å². The zero-order valence-corrected chi connectivity index (χ0v) is 8.47. The summed E-state index contributed by atoms with van der Waals surface area (Å²) < 4.78 is 25.5. The van der Waals surface area contributed by atoms with Crippen LogP contribution < -0.4 is 4.90 Å². The summed E-state index contributed by atoms with van der Waals surface area (Å²) in [4.78, 5) is 12.6. The van der Waals surface area contributed by atoms with Gasteiger partial charge in [0.1, 0.15) is 5.82 Å². The fourth-order valence-corrected chi connectivity index (χ4v) is 1.83. The number of benzene rings is 1. The second kappa shape index (κ2) is 3.77. The van der Waals surface area contributed by atoms with E-state index in [1.165, 1.54) is 23.1 Å². The van der Waals surface area contributed by atoms with Gasteiger partial charge in [0.2, 0.25) is 0 Å². The van der Waals surface area contributed by atoms with Crippen molar-refractivity contribution in [1.82, 2.24) is 0 Å². The molecule has 1 aromatic rings. The highest BCUT2D eigenvalue weighted by Gasteiger charge is 2.29. The quantitative estimate of drug-likeness (QED) is 0.679. The number of nitrogens with zero attached hydrogens (tertiary/aromatic N) is 1. The fraction of sp³-hybridized carbons (Fsp3) is 0.300. The molecular formula is C10H8ClF2NO. The van der Waals surface area contributed by atoms with Crippen LogP contribution in [0.3, 0.4) is 0 Å². The number of hydrogen-bond donors (Lipinski definition) is 0. The third-order valence-electron chi connectivity index (χ3n) is 2.39. The molecule has 2 rings (SSSR count). The molecule has 0 spiro atoms. The summed E-state index contributed by atoms with van der Waals surface area (Å²) in [5, 5.41) is 0. The molecular weight excluding hydrogens is 224 g/mol. The van der Waals surface area contributed by atoms with Gasteiger partial charge in [-0.3, -0.25) is 4.79 Å². The van der Waals surface area contributed by atoms with E-state index in [4.69, 9.17) is 11.6 Å². The Kier molecular flexibility index (Phi) is 2.61. The second-order valence-electron chi connectivity index (χ2n) is 3.31. The number of rotatable bonds is 1. The zero-order chi connectivity index (χ0) is 11.0. The molecule has 0 aliphatic carbocycles. The van der Waals surface area contributed by atoms with Crippen LogP contribution in [0.4, 0.5) is 14.5 Å². The summed E-state index contributed by atoms with van der Waals surface area (Å²) in [7, 11) is 0. The van der Waals surface area contributed by atoms with Crippen LogP contribution >= 0.6 is 11.6 Å². The number of fused-ring (bicyclic) bond motifs is 1. The summed E-state index contributed by atoms with van der Waals surface area (Å²) in [5.74, 6) is -1.15. The first-order valence-corrected chi connectivity index (χ1v) is 4.91.